The summed E-state index contributed by atoms with van der Waals surface area (Å²) in [4.78, 5) is 11.4. The van der Waals surface area contributed by atoms with E-state index < -0.39 is 0 Å². The molecule has 0 aliphatic heterocycles. The lowest BCUT2D eigenvalue weighted by Gasteiger charge is -2.22. The van der Waals surface area contributed by atoms with Crippen LogP contribution in [0.2, 0.25) is 0 Å². The summed E-state index contributed by atoms with van der Waals surface area (Å²) in [5.41, 5.74) is 2.24. The van der Waals surface area contributed by atoms with Crippen LogP contribution in [0.3, 0.4) is 0 Å². The smallest absolute Gasteiger partial charge is 0.193 e. The van der Waals surface area contributed by atoms with Crippen molar-refractivity contribution in [2.24, 2.45) is 10.9 Å². The van der Waals surface area contributed by atoms with Crippen LogP contribution in [0.15, 0.2) is 35.6 Å². The van der Waals surface area contributed by atoms with E-state index in [4.69, 9.17) is 9.73 Å². The van der Waals surface area contributed by atoms with Crippen molar-refractivity contribution >= 4 is 41.0 Å². The summed E-state index contributed by atoms with van der Waals surface area (Å²) < 4.78 is 7.94. The highest BCUT2D eigenvalue weighted by Gasteiger charge is 2.21. The van der Waals surface area contributed by atoms with Crippen molar-refractivity contribution in [1.29, 1.82) is 0 Å². The molecule has 1 N–H and O–H groups in total. The minimum Gasteiger partial charge on any atom is -0.379 e. The Kier molecular flexibility index (Phi) is 9.33. The van der Waals surface area contributed by atoms with E-state index in [2.05, 4.69) is 45.9 Å². The number of aliphatic imine (C=N–C) groups is 1. The summed E-state index contributed by atoms with van der Waals surface area (Å²) in [7, 11) is 2.07. The topological polar surface area (TPSA) is 54.7 Å². The molecule has 0 saturated heterocycles. The fraction of sp³-hybridized carbons (Fsp3) is 0.600. The molecule has 150 valence electrons. The lowest BCUT2D eigenvalue weighted by atomic mass is 10.3. The number of para-hydroxylation sites is 2. The second kappa shape index (κ2) is 11.5. The molecule has 1 aliphatic rings. The summed E-state index contributed by atoms with van der Waals surface area (Å²) in [6.45, 7) is 7.24. The van der Waals surface area contributed by atoms with Gasteiger partial charge in [-0.25, -0.2) is 4.98 Å². The lowest BCUT2D eigenvalue weighted by molar-refractivity contribution is 0.115. The van der Waals surface area contributed by atoms with Crippen molar-refractivity contribution in [1.82, 2.24) is 19.8 Å². The minimum absolute atomic E-state index is 0. The Morgan fingerprint density at radius 2 is 2.19 bits per heavy atom. The minimum atomic E-state index is 0. The predicted octanol–water partition coefficient (Wildman–Crippen LogP) is 3.37. The summed E-state index contributed by atoms with van der Waals surface area (Å²) in [5.74, 6) is 1.78. The fourth-order valence-electron chi connectivity index (χ4n) is 2.93. The molecule has 1 fully saturated rings. The van der Waals surface area contributed by atoms with Gasteiger partial charge in [0.2, 0.25) is 0 Å². The summed E-state index contributed by atoms with van der Waals surface area (Å²) in [5, 5.41) is 3.37. The van der Waals surface area contributed by atoms with Gasteiger partial charge in [-0.2, -0.15) is 0 Å². The Labute approximate surface area is 179 Å². The van der Waals surface area contributed by atoms with Crippen molar-refractivity contribution < 1.29 is 4.74 Å². The van der Waals surface area contributed by atoms with Crippen molar-refractivity contribution in [3.05, 3.63) is 30.6 Å². The van der Waals surface area contributed by atoms with E-state index >= 15 is 0 Å². The van der Waals surface area contributed by atoms with Crippen LogP contribution in [0, 0.1) is 5.92 Å². The zero-order chi connectivity index (χ0) is 18.2. The number of imidazole rings is 1. The number of aryl methyl sites for hydroxylation is 1. The molecule has 27 heavy (non-hydrogen) atoms. The standard InChI is InChI=1S/C20H31N5O.HI/c1-3-21-20(24(2)13-14-26-15-17-9-10-17)22-11-6-12-25-16-23-18-7-4-5-8-19(18)25;/h4-5,7-8,16-17H,3,6,9-15H2,1-2H3,(H,21,22);1H. The third kappa shape index (κ3) is 6.95. The summed E-state index contributed by atoms with van der Waals surface area (Å²) >= 11 is 0. The zero-order valence-corrected chi connectivity index (χ0v) is 18.8. The number of rotatable bonds is 10. The Morgan fingerprint density at radius 3 is 2.96 bits per heavy atom. The number of hydrogen-bond donors (Lipinski definition) is 1. The van der Waals surface area contributed by atoms with Crippen molar-refractivity contribution in [2.45, 2.75) is 32.7 Å². The lowest BCUT2D eigenvalue weighted by Crippen LogP contribution is -2.40. The maximum absolute atomic E-state index is 5.74. The Balaban J connectivity index is 0.00000261. The number of guanidine groups is 1. The van der Waals surface area contributed by atoms with Crippen LogP contribution < -0.4 is 5.32 Å². The van der Waals surface area contributed by atoms with E-state index in [0.717, 1.165) is 63.2 Å². The molecular weight excluding hydrogens is 453 g/mol. The van der Waals surface area contributed by atoms with Gasteiger partial charge in [-0.15, -0.1) is 24.0 Å². The van der Waals surface area contributed by atoms with E-state index in [0.29, 0.717) is 0 Å². The number of benzene rings is 1. The maximum Gasteiger partial charge on any atom is 0.193 e. The molecule has 6 nitrogen and oxygen atoms in total. The molecule has 0 bridgehead atoms. The molecule has 0 radical (unpaired) electrons. The Morgan fingerprint density at radius 1 is 1.37 bits per heavy atom. The molecular formula is C20H32IN5O. The van der Waals surface area contributed by atoms with Gasteiger partial charge in [0, 0.05) is 39.8 Å². The first kappa shape index (κ1) is 21.9. The number of hydrogen-bond acceptors (Lipinski definition) is 3. The molecule has 1 aromatic heterocycles. The zero-order valence-electron chi connectivity index (χ0n) is 16.4. The van der Waals surface area contributed by atoms with E-state index in [9.17, 15) is 0 Å². The van der Waals surface area contributed by atoms with E-state index in [-0.39, 0.29) is 24.0 Å². The summed E-state index contributed by atoms with van der Waals surface area (Å²) in [6, 6.07) is 8.25. The van der Waals surface area contributed by atoms with Crippen LogP contribution in [0.4, 0.5) is 0 Å². The van der Waals surface area contributed by atoms with Crippen LogP contribution in [-0.2, 0) is 11.3 Å². The number of fused-ring (bicyclic) bond motifs is 1. The fourth-order valence-corrected chi connectivity index (χ4v) is 2.93. The van der Waals surface area contributed by atoms with Crippen molar-refractivity contribution in [2.75, 3.05) is 39.9 Å². The molecule has 1 aromatic carbocycles. The third-order valence-corrected chi connectivity index (χ3v) is 4.66. The number of nitrogens with one attached hydrogen (secondary N) is 1. The molecule has 3 rings (SSSR count). The number of aromatic nitrogens is 2. The van der Waals surface area contributed by atoms with Gasteiger partial charge in [-0.1, -0.05) is 12.1 Å². The first-order valence-corrected chi connectivity index (χ1v) is 9.75. The van der Waals surface area contributed by atoms with E-state index in [1.165, 1.54) is 18.4 Å². The monoisotopic (exact) mass is 485 g/mol. The average molecular weight is 485 g/mol. The molecule has 0 unspecified atom stereocenters. The van der Waals surface area contributed by atoms with Gasteiger partial charge in [0.15, 0.2) is 5.96 Å². The third-order valence-electron chi connectivity index (χ3n) is 4.66. The normalized spacial score (nSPS) is 14.2. The molecule has 1 heterocycles. The quantitative estimate of drug-likeness (QED) is 0.243. The number of halogens is 1. The van der Waals surface area contributed by atoms with Crippen LogP contribution in [0.1, 0.15) is 26.2 Å². The van der Waals surface area contributed by atoms with E-state index in [1.54, 1.807) is 0 Å². The highest BCUT2D eigenvalue weighted by molar-refractivity contribution is 14.0. The molecule has 0 amide bonds. The first-order valence-electron chi connectivity index (χ1n) is 9.75. The van der Waals surface area contributed by atoms with Crippen LogP contribution in [0.5, 0.6) is 0 Å². The van der Waals surface area contributed by atoms with Crippen LogP contribution in [-0.4, -0.2) is 60.3 Å². The van der Waals surface area contributed by atoms with Gasteiger partial charge < -0.3 is 19.5 Å². The van der Waals surface area contributed by atoms with Gasteiger partial charge in [-0.05, 0) is 44.2 Å². The van der Waals surface area contributed by atoms with Gasteiger partial charge >= 0.3 is 0 Å². The number of nitrogens with zero attached hydrogens (tertiary/aromatic N) is 4. The van der Waals surface area contributed by atoms with Gasteiger partial charge in [0.25, 0.3) is 0 Å². The molecule has 0 spiro atoms. The largest absolute Gasteiger partial charge is 0.379 e. The Hall–Kier alpha value is -1.35. The van der Waals surface area contributed by atoms with Gasteiger partial charge in [-0.3, -0.25) is 4.99 Å². The van der Waals surface area contributed by atoms with Gasteiger partial charge in [0.1, 0.15) is 0 Å². The van der Waals surface area contributed by atoms with E-state index in [1.807, 2.05) is 18.5 Å². The molecule has 2 aromatic rings. The maximum atomic E-state index is 5.74. The summed E-state index contributed by atoms with van der Waals surface area (Å²) in [6.07, 6.45) is 5.59. The Bertz CT molecular complexity index is 713. The number of ether oxygens (including phenoxy) is 1. The highest BCUT2D eigenvalue weighted by Crippen LogP contribution is 2.28. The highest BCUT2D eigenvalue weighted by atomic mass is 127. The van der Waals surface area contributed by atoms with Crippen molar-refractivity contribution in [3.63, 3.8) is 0 Å². The SMILES string of the molecule is CCNC(=NCCCn1cnc2ccccc21)N(C)CCOCC1CC1.I. The number of likely N-dealkylation sites (N-methyl/N-ethyl adjacent to an activating group) is 1. The predicted molar refractivity (Wildman–Crippen MR) is 122 cm³/mol. The molecule has 0 atom stereocenters. The second-order valence-corrected chi connectivity index (χ2v) is 6.96. The second-order valence-electron chi connectivity index (χ2n) is 6.96. The van der Waals surface area contributed by atoms with Gasteiger partial charge in [0.05, 0.1) is 24.0 Å². The first-order chi connectivity index (χ1) is 12.8. The average Bonchev–Trinajstić information content (AvgIpc) is 3.40. The molecule has 1 saturated carbocycles. The molecule has 1 aliphatic carbocycles. The molecule has 7 heteroatoms. The van der Waals surface area contributed by atoms with Crippen molar-refractivity contribution in [3.8, 4) is 0 Å². The van der Waals surface area contributed by atoms with Crippen LogP contribution >= 0.6 is 24.0 Å². The van der Waals surface area contributed by atoms with Crippen LogP contribution in [0.25, 0.3) is 11.0 Å².